The maximum absolute atomic E-state index is 11.5. The normalized spacial score (nSPS) is 10.7. The van der Waals surface area contributed by atoms with Gasteiger partial charge < -0.3 is 15.8 Å². The van der Waals surface area contributed by atoms with Gasteiger partial charge in [0.2, 0.25) is 5.91 Å². The van der Waals surface area contributed by atoms with Gasteiger partial charge in [-0.1, -0.05) is 19.6 Å². The van der Waals surface area contributed by atoms with Crippen molar-refractivity contribution >= 4 is 23.1 Å². The van der Waals surface area contributed by atoms with Crippen LogP contribution in [0.5, 0.6) is 5.75 Å². The van der Waals surface area contributed by atoms with E-state index in [0.29, 0.717) is 28.5 Å². The highest BCUT2D eigenvalue weighted by Gasteiger charge is 2.12. The van der Waals surface area contributed by atoms with Crippen molar-refractivity contribution in [3.63, 3.8) is 0 Å². The number of ether oxygens (including phenoxy) is 1. The molecule has 1 aromatic heterocycles. The lowest BCUT2D eigenvalue weighted by Gasteiger charge is -2.13. The molecule has 2 rings (SSSR count). The van der Waals surface area contributed by atoms with Crippen LogP contribution in [-0.4, -0.2) is 28.6 Å². The number of carbonyl (C=O) groups excluding carboxylic acids is 1. The first kappa shape index (κ1) is 24.7. The molecule has 7 nitrogen and oxygen atoms in total. The summed E-state index contributed by atoms with van der Waals surface area (Å²) < 4.78 is 7.19. The molecular formula is C23H33N5O2. The van der Waals surface area contributed by atoms with Crippen molar-refractivity contribution in [1.82, 2.24) is 15.1 Å². The number of nitrogens with one attached hydrogen (secondary N) is 1. The summed E-state index contributed by atoms with van der Waals surface area (Å²) >= 11 is 0. The van der Waals surface area contributed by atoms with Gasteiger partial charge in [-0.15, -0.1) is 6.58 Å². The molecule has 0 saturated carbocycles. The molecule has 0 unspecified atom stereocenters. The fraction of sp³-hybridized carbons (Fsp3) is 0.348. The van der Waals surface area contributed by atoms with Crippen LogP contribution in [0.25, 0.3) is 5.70 Å². The smallest absolute Gasteiger partial charge is 0.248 e. The van der Waals surface area contributed by atoms with E-state index < -0.39 is 5.91 Å². The minimum absolute atomic E-state index is 0.345. The van der Waals surface area contributed by atoms with Gasteiger partial charge in [0.1, 0.15) is 11.6 Å². The molecule has 162 valence electrons. The summed E-state index contributed by atoms with van der Waals surface area (Å²) in [5.74, 6) is 0.659. The third-order valence-electron chi connectivity index (χ3n) is 4.26. The van der Waals surface area contributed by atoms with Gasteiger partial charge in [-0.3, -0.25) is 9.48 Å². The molecule has 0 fully saturated rings. The number of rotatable bonds is 7. The molecule has 0 bridgehead atoms. The number of benzene rings is 1. The van der Waals surface area contributed by atoms with Gasteiger partial charge in [0.15, 0.2) is 0 Å². The number of methoxy groups -OCH3 is 1. The molecule has 3 N–H and O–H groups in total. The molecule has 7 heteroatoms. The van der Waals surface area contributed by atoms with Crippen LogP contribution in [0.3, 0.4) is 0 Å². The molecule has 1 heterocycles. The van der Waals surface area contributed by atoms with E-state index in [0.717, 1.165) is 29.9 Å². The summed E-state index contributed by atoms with van der Waals surface area (Å²) in [6.45, 7) is 18.0. The van der Waals surface area contributed by atoms with Crippen LogP contribution in [0.15, 0.2) is 42.4 Å². The third-order valence-corrected chi connectivity index (χ3v) is 4.26. The second-order valence-corrected chi connectivity index (χ2v) is 6.67. The molecular weight excluding hydrogens is 378 g/mol. The zero-order valence-corrected chi connectivity index (χ0v) is 18.9. The number of aryl methyl sites for hydroxylation is 2. The van der Waals surface area contributed by atoms with Gasteiger partial charge in [-0.25, -0.2) is 4.99 Å². The molecule has 0 spiro atoms. The molecule has 1 aromatic carbocycles. The summed E-state index contributed by atoms with van der Waals surface area (Å²) in [5, 5.41) is 7.60. The zero-order valence-electron chi connectivity index (χ0n) is 18.9. The van der Waals surface area contributed by atoms with Crippen molar-refractivity contribution in [2.45, 2.75) is 47.6 Å². The van der Waals surface area contributed by atoms with Crippen LogP contribution >= 0.6 is 0 Å². The number of amides is 1. The first-order valence-electron chi connectivity index (χ1n) is 9.83. The standard InChI is InChI=1S/C19H25N5O2.C4H8/c1-7-24-17(8-11(2)23-24)13(4)21-14(5)22-16-9-15(19(20)25)10-18(26-6)12(16)3;1-3-4-2/h8-10H,4,7H2,1-3,5-6H3,(H2,20,25)(H,21,22);3H,1,4H2,2H3. The van der Waals surface area contributed by atoms with Gasteiger partial charge in [0, 0.05) is 17.7 Å². The maximum Gasteiger partial charge on any atom is 0.248 e. The number of nitrogens with zero attached hydrogens (tertiary/aromatic N) is 3. The SMILES string of the molecule is C=C(NC(C)=Nc1cc(C(N)=O)cc(OC)c1C)c1cc(C)nn1CC.C=CCC. The number of amidine groups is 1. The Hall–Kier alpha value is -3.35. The lowest BCUT2D eigenvalue weighted by atomic mass is 10.1. The highest BCUT2D eigenvalue weighted by Crippen LogP contribution is 2.30. The molecule has 0 radical (unpaired) electrons. The van der Waals surface area contributed by atoms with Crippen molar-refractivity contribution in [3.05, 3.63) is 59.9 Å². The molecule has 0 aliphatic rings. The Bertz CT molecular complexity index is 941. The molecule has 0 atom stereocenters. The zero-order chi connectivity index (χ0) is 22.8. The first-order chi connectivity index (χ1) is 14.2. The summed E-state index contributed by atoms with van der Waals surface area (Å²) in [7, 11) is 1.54. The largest absolute Gasteiger partial charge is 0.496 e. The Kier molecular flexibility index (Phi) is 9.55. The van der Waals surface area contributed by atoms with Crippen LogP contribution < -0.4 is 15.8 Å². The Balaban J connectivity index is 0.00000103. The Morgan fingerprint density at radius 1 is 1.33 bits per heavy atom. The average Bonchev–Trinajstić information content (AvgIpc) is 3.10. The number of carbonyl (C=O) groups is 1. The number of primary amides is 1. The summed E-state index contributed by atoms with van der Waals surface area (Å²) in [4.78, 5) is 16.1. The monoisotopic (exact) mass is 411 g/mol. The van der Waals surface area contributed by atoms with Gasteiger partial charge >= 0.3 is 0 Å². The van der Waals surface area contributed by atoms with Gasteiger partial charge in [0.25, 0.3) is 0 Å². The van der Waals surface area contributed by atoms with Gasteiger partial charge in [-0.2, -0.15) is 5.10 Å². The number of nitrogens with two attached hydrogens (primary N) is 1. The fourth-order valence-corrected chi connectivity index (χ4v) is 2.66. The predicted octanol–water partition coefficient (Wildman–Crippen LogP) is 4.52. The summed E-state index contributed by atoms with van der Waals surface area (Å²) in [6, 6.07) is 5.23. The van der Waals surface area contributed by atoms with Gasteiger partial charge in [-0.05, 0) is 52.3 Å². The molecule has 0 saturated heterocycles. The van der Waals surface area contributed by atoms with Crippen LogP contribution in [0.1, 0.15) is 54.5 Å². The van der Waals surface area contributed by atoms with E-state index in [2.05, 4.69) is 35.5 Å². The minimum Gasteiger partial charge on any atom is -0.496 e. The summed E-state index contributed by atoms with van der Waals surface area (Å²) in [5.41, 5.74) is 9.69. The van der Waals surface area contributed by atoms with E-state index in [1.807, 2.05) is 44.5 Å². The second kappa shape index (κ2) is 11.6. The van der Waals surface area contributed by atoms with Crippen molar-refractivity contribution < 1.29 is 9.53 Å². The van der Waals surface area contributed by atoms with E-state index in [-0.39, 0.29) is 0 Å². The Morgan fingerprint density at radius 3 is 2.47 bits per heavy atom. The molecule has 0 aliphatic heterocycles. The third kappa shape index (κ3) is 6.62. The highest BCUT2D eigenvalue weighted by atomic mass is 16.5. The highest BCUT2D eigenvalue weighted by molar-refractivity contribution is 5.95. The lowest BCUT2D eigenvalue weighted by Crippen LogP contribution is -2.20. The Morgan fingerprint density at radius 2 is 1.97 bits per heavy atom. The van der Waals surface area contributed by atoms with Crippen molar-refractivity contribution in [2.24, 2.45) is 10.7 Å². The molecule has 1 amide bonds. The number of aliphatic imine (C=N–C) groups is 1. The first-order valence-corrected chi connectivity index (χ1v) is 9.83. The number of hydrogen-bond acceptors (Lipinski definition) is 4. The number of aromatic nitrogens is 2. The van der Waals surface area contributed by atoms with E-state index >= 15 is 0 Å². The summed E-state index contributed by atoms with van der Waals surface area (Å²) in [6.07, 6.45) is 2.96. The van der Waals surface area contributed by atoms with Crippen LogP contribution in [-0.2, 0) is 6.54 Å². The Labute approximate surface area is 179 Å². The van der Waals surface area contributed by atoms with Crippen molar-refractivity contribution in [1.29, 1.82) is 0 Å². The minimum atomic E-state index is -0.530. The fourth-order valence-electron chi connectivity index (χ4n) is 2.66. The predicted molar refractivity (Wildman–Crippen MR) is 124 cm³/mol. The maximum atomic E-state index is 11.5. The van der Waals surface area contributed by atoms with Crippen LogP contribution in [0.4, 0.5) is 5.69 Å². The number of allylic oxidation sites excluding steroid dienone is 1. The topological polar surface area (TPSA) is 94.5 Å². The molecule has 2 aromatic rings. The van der Waals surface area contributed by atoms with Gasteiger partial charge in [0.05, 0.1) is 29.9 Å². The van der Waals surface area contributed by atoms with Crippen molar-refractivity contribution in [2.75, 3.05) is 7.11 Å². The molecule has 0 aliphatic carbocycles. The quantitative estimate of drug-likeness (QED) is 0.398. The van der Waals surface area contributed by atoms with E-state index in [9.17, 15) is 4.79 Å². The van der Waals surface area contributed by atoms with E-state index in [1.165, 1.54) is 0 Å². The van der Waals surface area contributed by atoms with Crippen molar-refractivity contribution in [3.8, 4) is 5.75 Å². The lowest BCUT2D eigenvalue weighted by molar-refractivity contribution is 0.1000. The van der Waals surface area contributed by atoms with Crippen LogP contribution in [0.2, 0.25) is 0 Å². The average molecular weight is 412 g/mol. The second-order valence-electron chi connectivity index (χ2n) is 6.67. The van der Waals surface area contributed by atoms with E-state index in [4.69, 9.17) is 10.5 Å². The molecule has 30 heavy (non-hydrogen) atoms. The number of hydrogen-bond donors (Lipinski definition) is 2. The van der Waals surface area contributed by atoms with Crippen LogP contribution in [0, 0.1) is 13.8 Å². The van der Waals surface area contributed by atoms with E-state index in [1.54, 1.807) is 19.2 Å².